The van der Waals surface area contributed by atoms with Crippen LogP contribution in [0, 0.1) is 0 Å². The van der Waals surface area contributed by atoms with Crippen molar-refractivity contribution < 1.29 is 14.3 Å². The van der Waals surface area contributed by atoms with Crippen molar-refractivity contribution in [3.8, 4) is 0 Å². The number of halogens is 1. The largest absolute Gasteiger partial charge is 0.465 e. The second-order valence-corrected chi connectivity index (χ2v) is 5.15. The molecule has 1 aromatic rings. The third kappa shape index (κ3) is 5.49. The lowest BCUT2D eigenvalue weighted by atomic mass is 10.2. The summed E-state index contributed by atoms with van der Waals surface area (Å²) in [6.07, 6.45) is 1.39. The summed E-state index contributed by atoms with van der Waals surface area (Å²) in [5.41, 5.74) is 5.84. The number of nitrogen functional groups attached to an aromatic ring is 1. The maximum atomic E-state index is 11.0. The van der Waals surface area contributed by atoms with Crippen molar-refractivity contribution >= 4 is 23.3 Å². The molecule has 1 aromatic heterocycles. The minimum absolute atomic E-state index is 0.109. The summed E-state index contributed by atoms with van der Waals surface area (Å²) in [5.74, 6) is -0.517. The summed E-state index contributed by atoms with van der Waals surface area (Å²) in [5, 5.41) is 0.109. The number of rotatable bonds is 2. The van der Waals surface area contributed by atoms with Crippen molar-refractivity contribution in [2.24, 2.45) is 0 Å². The molecule has 0 aliphatic carbocycles. The van der Waals surface area contributed by atoms with E-state index in [1.54, 1.807) is 0 Å². The number of hydrogen-bond donors (Lipinski definition) is 1. The number of morpholine rings is 1. The number of anilines is 1. The monoisotopic (exact) mass is 315 g/mol. The highest BCUT2D eigenvalue weighted by Gasteiger charge is 2.12. The highest BCUT2D eigenvalue weighted by atomic mass is 35.5. The Morgan fingerprint density at radius 2 is 2.10 bits per heavy atom. The predicted molar refractivity (Wildman–Crippen MR) is 82.5 cm³/mol. The number of nitrogens with zero attached hydrogens (tertiary/aromatic N) is 2. The van der Waals surface area contributed by atoms with Crippen LogP contribution >= 0.6 is 11.6 Å². The van der Waals surface area contributed by atoms with Crippen LogP contribution in [0.15, 0.2) is 12.3 Å². The number of methoxy groups -OCH3 is 1. The molecule has 0 aromatic carbocycles. The van der Waals surface area contributed by atoms with E-state index in [9.17, 15) is 4.79 Å². The molecule has 6 nitrogen and oxygen atoms in total. The molecular formula is C14H22ClN3O3. The van der Waals surface area contributed by atoms with Gasteiger partial charge in [0.2, 0.25) is 0 Å². The lowest BCUT2D eigenvalue weighted by Crippen LogP contribution is -2.40. The van der Waals surface area contributed by atoms with Gasteiger partial charge in [-0.15, -0.1) is 0 Å². The van der Waals surface area contributed by atoms with Crippen LogP contribution in [0.5, 0.6) is 0 Å². The Hall–Kier alpha value is -1.37. The summed E-state index contributed by atoms with van der Waals surface area (Å²) < 4.78 is 9.67. The number of hydrogen-bond acceptors (Lipinski definition) is 6. The molecule has 2 rings (SSSR count). The Balaban J connectivity index is 0.000000219. The molecule has 2 heterocycles. The van der Waals surface area contributed by atoms with Gasteiger partial charge in [-0.05, 0) is 19.9 Å². The number of nitrogens with two attached hydrogens (primary N) is 1. The molecule has 1 fully saturated rings. The van der Waals surface area contributed by atoms with Gasteiger partial charge in [-0.3, -0.25) is 4.90 Å². The van der Waals surface area contributed by atoms with Crippen molar-refractivity contribution in [1.82, 2.24) is 9.88 Å². The van der Waals surface area contributed by atoms with Gasteiger partial charge >= 0.3 is 5.97 Å². The number of ether oxygens (including phenoxy) is 2. The summed E-state index contributed by atoms with van der Waals surface area (Å²) >= 11 is 5.57. The van der Waals surface area contributed by atoms with Crippen molar-refractivity contribution in [3.05, 3.63) is 23.0 Å². The normalized spacial score (nSPS) is 15.3. The highest BCUT2D eigenvalue weighted by molar-refractivity contribution is 6.32. The van der Waals surface area contributed by atoms with Gasteiger partial charge in [-0.1, -0.05) is 11.6 Å². The van der Waals surface area contributed by atoms with E-state index < -0.39 is 5.97 Å². The molecule has 2 N–H and O–H groups in total. The smallest absolute Gasteiger partial charge is 0.340 e. The van der Waals surface area contributed by atoms with Gasteiger partial charge in [-0.2, -0.15) is 0 Å². The van der Waals surface area contributed by atoms with Crippen LogP contribution in [-0.2, 0) is 9.47 Å². The van der Waals surface area contributed by atoms with Gasteiger partial charge in [-0.25, -0.2) is 9.78 Å². The summed E-state index contributed by atoms with van der Waals surface area (Å²) in [6.45, 7) is 8.50. The molecule has 0 saturated carbocycles. The van der Waals surface area contributed by atoms with Gasteiger partial charge in [0.15, 0.2) is 5.15 Å². The molecule has 1 saturated heterocycles. The number of carbonyl (C=O) groups excluding carboxylic acids is 1. The van der Waals surface area contributed by atoms with Crippen molar-refractivity contribution in [1.29, 1.82) is 0 Å². The predicted octanol–water partition coefficient (Wildman–Crippen LogP) is 1.83. The SMILES string of the molecule is CC(C)N1CCOCC1.COC(=O)c1ccnc(Cl)c1N. The first-order chi connectivity index (χ1) is 9.97. The molecule has 0 spiro atoms. The van der Waals surface area contributed by atoms with E-state index in [1.807, 2.05) is 0 Å². The fraction of sp³-hybridized carbons (Fsp3) is 0.571. The van der Waals surface area contributed by atoms with E-state index in [4.69, 9.17) is 22.1 Å². The summed E-state index contributed by atoms with van der Waals surface area (Å²) in [6, 6.07) is 2.14. The standard InChI is InChI=1S/C7H7ClN2O2.C7H15NO/c1-12-7(11)4-2-3-10-6(8)5(4)9;1-7(2)8-3-5-9-6-4-8/h2-3H,9H2,1H3;7H,3-6H2,1-2H3. The molecule has 0 radical (unpaired) electrons. The van der Waals surface area contributed by atoms with E-state index >= 15 is 0 Å². The number of esters is 1. The average Bonchev–Trinajstić information content (AvgIpc) is 2.51. The molecule has 0 bridgehead atoms. The van der Waals surface area contributed by atoms with Crippen LogP contribution in [-0.4, -0.2) is 55.3 Å². The van der Waals surface area contributed by atoms with Crippen molar-refractivity contribution in [2.45, 2.75) is 19.9 Å². The first-order valence-corrected chi connectivity index (χ1v) is 7.15. The molecule has 118 valence electrons. The average molecular weight is 316 g/mol. The van der Waals surface area contributed by atoms with Gasteiger partial charge in [0, 0.05) is 25.3 Å². The molecular weight excluding hydrogens is 294 g/mol. The Bertz CT molecular complexity index is 463. The van der Waals surface area contributed by atoms with Crippen molar-refractivity contribution in [2.75, 3.05) is 39.1 Å². The zero-order valence-corrected chi connectivity index (χ0v) is 13.4. The van der Waals surface area contributed by atoms with Crippen LogP contribution < -0.4 is 5.73 Å². The minimum Gasteiger partial charge on any atom is -0.465 e. The second kappa shape index (κ2) is 8.81. The van der Waals surface area contributed by atoms with E-state index in [0.717, 1.165) is 26.3 Å². The van der Waals surface area contributed by atoms with Gasteiger partial charge in [0.05, 0.1) is 31.6 Å². The first-order valence-electron chi connectivity index (χ1n) is 6.77. The molecule has 0 atom stereocenters. The number of pyridine rings is 1. The lowest BCUT2D eigenvalue weighted by Gasteiger charge is -2.29. The minimum atomic E-state index is -0.517. The van der Waals surface area contributed by atoms with Gasteiger partial charge in [0.1, 0.15) is 0 Å². The Morgan fingerprint density at radius 1 is 1.48 bits per heavy atom. The van der Waals surface area contributed by atoms with E-state index in [-0.39, 0.29) is 16.4 Å². The van der Waals surface area contributed by atoms with E-state index in [0.29, 0.717) is 6.04 Å². The Labute approximate surface area is 130 Å². The second-order valence-electron chi connectivity index (χ2n) is 4.80. The van der Waals surface area contributed by atoms with Crippen LogP contribution in [0.3, 0.4) is 0 Å². The third-order valence-corrected chi connectivity index (χ3v) is 3.42. The van der Waals surface area contributed by atoms with E-state index in [1.165, 1.54) is 19.4 Å². The van der Waals surface area contributed by atoms with Crippen LogP contribution in [0.1, 0.15) is 24.2 Å². The Morgan fingerprint density at radius 3 is 2.57 bits per heavy atom. The topological polar surface area (TPSA) is 77.7 Å². The van der Waals surface area contributed by atoms with Crippen LogP contribution in [0.2, 0.25) is 5.15 Å². The van der Waals surface area contributed by atoms with Crippen LogP contribution in [0.25, 0.3) is 0 Å². The first kappa shape index (κ1) is 17.7. The fourth-order valence-electron chi connectivity index (χ4n) is 1.83. The molecule has 0 unspecified atom stereocenters. The summed E-state index contributed by atoms with van der Waals surface area (Å²) in [4.78, 5) is 17.1. The maximum Gasteiger partial charge on any atom is 0.340 e. The summed E-state index contributed by atoms with van der Waals surface area (Å²) in [7, 11) is 1.27. The van der Waals surface area contributed by atoms with Crippen LogP contribution in [0.4, 0.5) is 5.69 Å². The molecule has 21 heavy (non-hydrogen) atoms. The lowest BCUT2D eigenvalue weighted by molar-refractivity contribution is 0.0238. The Kier molecular flexibility index (Phi) is 7.42. The zero-order chi connectivity index (χ0) is 15.8. The van der Waals surface area contributed by atoms with Gasteiger partial charge in [0.25, 0.3) is 0 Å². The maximum absolute atomic E-state index is 11.0. The quantitative estimate of drug-likeness (QED) is 0.662. The molecule has 1 aliphatic heterocycles. The molecule has 1 aliphatic rings. The molecule has 0 amide bonds. The zero-order valence-electron chi connectivity index (χ0n) is 12.6. The third-order valence-electron chi connectivity index (χ3n) is 3.12. The highest BCUT2D eigenvalue weighted by Crippen LogP contribution is 2.19. The van der Waals surface area contributed by atoms with Gasteiger partial charge < -0.3 is 15.2 Å². The van der Waals surface area contributed by atoms with Crippen molar-refractivity contribution in [3.63, 3.8) is 0 Å². The number of carbonyl (C=O) groups is 1. The van der Waals surface area contributed by atoms with E-state index in [2.05, 4.69) is 28.5 Å². The molecule has 7 heteroatoms. The fourth-order valence-corrected chi connectivity index (χ4v) is 1.99. The number of aromatic nitrogens is 1.